The predicted molar refractivity (Wildman–Crippen MR) is 67.9 cm³/mol. The minimum absolute atomic E-state index is 0.0710. The Morgan fingerprint density at radius 1 is 1.32 bits per heavy atom. The molecule has 1 aromatic carbocycles. The monoisotopic (exact) mass is 273 g/mol. The lowest BCUT2D eigenvalue weighted by atomic mass is 10.3. The van der Waals surface area contributed by atoms with Gasteiger partial charge in [0.25, 0.3) is 0 Å². The van der Waals surface area contributed by atoms with E-state index >= 15 is 0 Å². The van der Waals surface area contributed by atoms with Crippen LogP contribution in [0.3, 0.4) is 0 Å². The van der Waals surface area contributed by atoms with Crippen molar-refractivity contribution in [2.45, 2.75) is 6.42 Å². The first kappa shape index (κ1) is 15.3. The maximum atomic E-state index is 13.2. The number of hydrogen-bond donors (Lipinski definition) is 3. The molecule has 19 heavy (non-hydrogen) atoms. The highest BCUT2D eigenvalue weighted by atomic mass is 19.1. The van der Waals surface area contributed by atoms with E-state index in [1.54, 1.807) is 0 Å². The number of benzene rings is 1. The standard InChI is InChI=1S/C12H17F2N3O2/c13-9-2-3-11(10(14)8-9)17-12(18)16-5-1-6-19-7-4-15/h2-3,8H,1,4-7,15H2,(H2,16,17,18). The molecule has 1 aromatic rings. The summed E-state index contributed by atoms with van der Waals surface area (Å²) in [6.07, 6.45) is 0.624. The van der Waals surface area contributed by atoms with Gasteiger partial charge in [-0.3, -0.25) is 0 Å². The predicted octanol–water partition coefficient (Wildman–Crippen LogP) is 1.45. The molecule has 0 aliphatic rings. The molecule has 0 heterocycles. The van der Waals surface area contributed by atoms with Gasteiger partial charge < -0.3 is 21.1 Å². The quantitative estimate of drug-likeness (QED) is 0.658. The fourth-order valence-electron chi connectivity index (χ4n) is 1.32. The lowest BCUT2D eigenvalue weighted by Gasteiger charge is -2.08. The van der Waals surface area contributed by atoms with Crippen molar-refractivity contribution in [3.8, 4) is 0 Å². The molecule has 2 amide bonds. The van der Waals surface area contributed by atoms with Crippen molar-refractivity contribution in [2.75, 3.05) is 31.6 Å². The SMILES string of the molecule is NCCOCCCNC(=O)Nc1ccc(F)cc1F. The minimum atomic E-state index is -0.818. The maximum Gasteiger partial charge on any atom is 0.319 e. The summed E-state index contributed by atoms with van der Waals surface area (Å²) in [5.41, 5.74) is 5.16. The van der Waals surface area contributed by atoms with E-state index in [9.17, 15) is 13.6 Å². The lowest BCUT2D eigenvalue weighted by Crippen LogP contribution is -2.30. The molecule has 0 fully saturated rings. The number of urea groups is 1. The van der Waals surface area contributed by atoms with Crippen molar-refractivity contribution in [3.05, 3.63) is 29.8 Å². The third-order valence-corrected chi connectivity index (χ3v) is 2.19. The van der Waals surface area contributed by atoms with E-state index in [1.807, 2.05) is 0 Å². The summed E-state index contributed by atoms with van der Waals surface area (Å²) in [6, 6.07) is 2.38. The van der Waals surface area contributed by atoms with Crippen molar-refractivity contribution in [2.24, 2.45) is 5.73 Å². The van der Waals surface area contributed by atoms with Crippen LogP contribution in [0.4, 0.5) is 19.3 Å². The molecule has 7 heteroatoms. The molecule has 106 valence electrons. The first-order valence-corrected chi connectivity index (χ1v) is 5.91. The Balaban J connectivity index is 2.23. The van der Waals surface area contributed by atoms with Crippen molar-refractivity contribution in [1.82, 2.24) is 5.32 Å². The van der Waals surface area contributed by atoms with Crippen molar-refractivity contribution < 1.29 is 18.3 Å². The second-order valence-electron chi connectivity index (χ2n) is 3.76. The van der Waals surface area contributed by atoms with Gasteiger partial charge in [-0.05, 0) is 18.6 Å². The first-order chi connectivity index (χ1) is 9.13. The van der Waals surface area contributed by atoms with E-state index in [2.05, 4.69) is 10.6 Å². The number of nitrogens with two attached hydrogens (primary N) is 1. The summed E-state index contributed by atoms with van der Waals surface area (Å²) < 4.78 is 31.0. The van der Waals surface area contributed by atoms with Crippen LogP contribution in [0.2, 0.25) is 0 Å². The second-order valence-corrected chi connectivity index (χ2v) is 3.76. The third-order valence-electron chi connectivity index (χ3n) is 2.19. The third kappa shape index (κ3) is 6.12. The molecule has 0 unspecified atom stereocenters. The van der Waals surface area contributed by atoms with E-state index in [1.165, 1.54) is 0 Å². The van der Waals surface area contributed by atoms with Crippen LogP contribution in [0.25, 0.3) is 0 Å². The highest BCUT2D eigenvalue weighted by molar-refractivity contribution is 5.89. The van der Waals surface area contributed by atoms with Gasteiger partial charge in [-0.2, -0.15) is 0 Å². The minimum Gasteiger partial charge on any atom is -0.380 e. The van der Waals surface area contributed by atoms with Crippen LogP contribution in [0.5, 0.6) is 0 Å². The molecule has 0 saturated carbocycles. The number of carbonyl (C=O) groups is 1. The number of ether oxygens (including phenoxy) is 1. The number of carbonyl (C=O) groups excluding carboxylic acids is 1. The Morgan fingerprint density at radius 2 is 2.11 bits per heavy atom. The van der Waals surface area contributed by atoms with E-state index in [-0.39, 0.29) is 5.69 Å². The van der Waals surface area contributed by atoms with Crippen LogP contribution in [0.15, 0.2) is 18.2 Å². The van der Waals surface area contributed by atoms with Crippen molar-refractivity contribution in [3.63, 3.8) is 0 Å². The molecule has 5 nitrogen and oxygen atoms in total. The molecule has 0 aromatic heterocycles. The van der Waals surface area contributed by atoms with E-state index < -0.39 is 17.7 Å². The highest BCUT2D eigenvalue weighted by Crippen LogP contribution is 2.14. The van der Waals surface area contributed by atoms with Gasteiger partial charge in [-0.15, -0.1) is 0 Å². The van der Waals surface area contributed by atoms with Gasteiger partial charge >= 0.3 is 6.03 Å². The molecular weight excluding hydrogens is 256 g/mol. The van der Waals surface area contributed by atoms with Gasteiger partial charge in [0.05, 0.1) is 12.3 Å². The molecule has 1 rings (SSSR count). The summed E-state index contributed by atoms with van der Waals surface area (Å²) in [7, 11) is 0. The van der Waals surface area contributed by atoms with E-state index in [0.29, 0.717) is 38.8 Å². The number of nitrogens with one attached hydrogen (secondary N) is 2. The summed E-state index contributed by atoms with van der Waals surface area (Å²) >= 11 is 0. The second kappa shape index (κ2) is 8.39. The Kier molecular flexibility index (Phi) is 6.76. The summed E-state index contributed by atoms with van der Waals surface area (Å²) in [6.45, 7) is 1.81. The molecule has 0 spiro atoms. The van der Waals surface area contributed by atoms with Gasteiger partial charge in [0.1, 0.15) is 11.6 Å². The van der Waals surface area contributed by atoms with Crippen LogP contribution in [-0.4, -0.2) is 32.3 Å². The van der Waals surface area contributed by atoms with Gasteiger partial charge in [0.15, 0.2) is 0 Å². The van der Waals surface area contributed by atoms with Crippen LogP contribution < -0.4 is 16.4 Å². The van der Waals surface area contributed by atoms with E-state index in [0.717, 1.165) is 12.1 Å². The lowest BCUT2D eigenvalue weighted by molar-refractivity contribution is 0.139. The zero-order valence-corrected chi connectivity index (χ0v) is 10.4. The smallest absolute Gasteiger partial charge is 0.319 e. The number of halogens is 2. The number of amides is 2. The Labute approximate surface area is 110 Å². The van der Waals surface area contributed by atoms with Crippen LogP contribution >= 0.6 is 0 Å². The highest BCUT2D eigenvalue weighted by Gasteiger charge is 2.06. The molecule has 4 N–H and O–H groups in total. The molecule has 0 radical (unpaired) electrons. The molecule has 0 aliphatic carbocycles. The molecule has 0 atom stereocenters. The summed E-state index contributed by atoms with van der Waals surface area (Å²) in [5, 5.41) is 4.82. The normalized spacial score (nSPS) is 10.3. The number of rotatable bonds is 7. The molecule has 0 bridgehead atoms. The van der Waals surface area contributed by atoms with Gasteiger partial charge in [0.2, 0.25) is 0 Å². The molecule has 0 aliphatic heterocycles. The Morgan fingerprint density at radius 3 is 2.79 bits per heavy atom. The molecular formula is C12H17F2N3O2. The van der Waals surface area contributed by atoms with Gasteiger partial charge in [-0.1, -0.05) is 0 Å². The maximum absolute atomic E-state index is 13.2. The fraction of sp³-hybridized carbons (Fsp3) is 0.417. The largest absolute Gasteiger partial charge is 0.380 e. The van der Waals surface area contributed by atoms with Crippen LogP contribution in [-0.2, 0) is 4.74 Å². The van der Waals surface area contributed by atoms with Gasteiger partial charge in [0, 0.05) is 25.8 Å². The fourth-order valence-corrected chi connectivity index (χ4v) is 1.32. The van der Waals surface area contributed by atoms with Crippen molar-refractivity contribution in [1.29, 1.82) is 0 Å². The summed E-state index contributed by atoms with van der Waals surface area (Å²) in [5.74, 6) is -1.51. The molecule has 0 saturated heterocycles. The van der Waals surface area contributed by atoms with Crippen LogP contribution in [0.1, 0.15) is 6.42 Å². The Hall–Kier alpha value is -1.73. The topological polar surface area (TPSA) is 76.4 Å². The number of anilines is 1. The zero-order chi connectivity index (χ0) is 14.1. The van der Waals surface area contributed by atoms with Crippen LogP contribution in [0, 0.1) is 11.6 Å². The zero-order valence-electron chi connectivity index (χ0n) is 10.4. The summed E-state index contributed by atoms with van der Waals surface area (Å²) in [4.78, 5) is 11.4. The average Bonchev–Trinajstić information content (AvgIpc) is 2.37. The number of hydrogen-bond acceptors (Lipinski definition) is 3. The first-order valence-electron chi connectivity index (χ1n) is 5.91. The van der Waals surface area contributed by atoms with Crippen molar-refractivity contribution >= 4 is 11.7 Å². The average molecular weight is 273 g/mol. The van der Waals surface area contributed by atoms with Gasteiger partial charge in [-0.25, -0.2) is 13.6 Å². The Bertz CT molecular complexity index is 416. The van der Waals surface area contributed by atoms with E-state index in [4.69, 9.17) is 10.5 Å².